The van der Waals surface area contributed by atoms with E-state index in [0.717, 1.165) is 23.0 Å². The van der Waals surface area contributed by atoms with Crippen molar-refractivity contribution in [2.24, 2.45) is 0 Å². The number of imidazole rings is 1. The van der Waals surface area contributed by atoms with Crippen LogP contribution in [0.4, 0.5) is 18.9 Å². The maximum absolute atomic E-state index is 14.0. The first-order valence-electron chi connectivity index (χ1n) is 12.4. The number of para-hydroxylation sites is 1. The molecule has 0 fully saturated rings. The fourth-order valence-corrected chi connectivity index (χ4v) is 4.32. The lowest BCUT2D eigenvalue weighted by atomic mass is 9.98. The van der Waals surface area contributed by atoms with Crippen molar-refractivity contribution in [1.29, 1.82) is 0 Å². The standard InChI is InChI=1S/C30H27F3N4O/c1-20(2)38-15-14-34-23-11-6-10-22(16-23)25-17-28(30(31,32)33)36-29-24(25)12-7-13-27(29)37-18-26(35-19-37)21-8-4-3-5-9-21/h3-13,16-20,34H,14-15H2,1-2H3. The number of hydrogen-bond donors (Lipinski definition) is 1. The van der Waals surface area contributed by atoms with Gasteiger partial charge in [0.15, 0.2) is 0 Å². The van der Waals surface area contributed by atoms with E-state index in [1.165, 1.54) is 0 Å². The van der Waals surface area contributed by atoms with Crippen molar-refractivity contribution in [2.45, 2.75) is 26.1 Å². The van der Waals surface area contributed by atoms with Crippen molar-refractivity contribution in [3.63, 3.8) is 0 Å². The molecule has 5 aromatic rings. The molecule has 0 aliphatic heterocycles. The van der Waals surface area contributed by atoms with E-state index < -0.39 is 11.9 Å². The number of ether oxygens (including phenoxy) is 1. The van der Waals surface area contributed by atoms with Crippen molar-refractivity contribution in [2.75, 3.05) is 18.5 Å². The molecule has 0 amide bonds. The summed E-state index contributed by atoms with van der Waals surface area (Å²) < 4.78 is 49.3. The predicted molar refractivity (Wildman–Crippen MR) is 144 cm³/mol. The molecule has 0 saturated heterocycles. The van der Waals surface area contributed by atoms with Gasteiger partial charge in [-0.25, -0.2) is 9.97 Å². The van der Waals surface area contributed by atoms with Gasteiger partial charge in [-0.2, -0.15) is 13.2 Å². The van der Waals surface area contributed by atoms with Crippen molar-refractivity contribution in [3.05, 3.63) is 97.1 Å². The Morgan fingerprint density at radius 2 is 1.68 bits per heavy atom. The number of halogens is 3. The van der Waals surface area contributed by atoms with Gasteiger partial charge in [-0.15, -0.1) is 0 Å². The summed E-state index contributed by atoms with van der Waals surface area (Å²) in [5, 5.41) is 3.90. The molecule has 5 nitrogen and oxygen atoms in total. The van der Waals surface area contributed by atoms with E-state index in [9.17, 15) is 13.2 Å². The Labute approximate surface area is 218 Å². The molecule has 0 atom stereocenters. The summed E-state index contributed by atoms with van der Waals surface area (Å²) in [6.07, 6.45) is -1.08. The summed E-state index contributed by atoms with van der Waals surface area (Å²) in [6.45, 7) is 5.04. The lowest BCUT2D eigenvalue weighted by Gasteiger charge is -2.16. The van der Waals surface area contributed by atoms with Gasteiger partial charge in [0, 0.05) is 29.4 Å². The van der Waals surface area contributed by atoms with Crippen LogP contribution in [0.1, 0.15) is 19.5 Å². The minimum absolute atomic E-state index is 0.126. The third-order valence-electron chi connectivity index (χ3n) is 6.09. The zero-order chi connectivity index (χ0) is 26.7. The van der Waals surface area contributed by atoms with Gasteiger partial charge in [-0.05, 0) is 49.2 Å². The van der Waals surface area contributed by atoms with E-state index >= 15 is 0 Å². The van der Waals surface area contributed by atoms with Gasteiger partial charge in [0.05, 0.1) is 35.9 Å². The van der Waals surface area contributed by atoms with Gasteiger partial charge in [-0.1, -0.05) is 54.6 Å². The van der Waals surface area contributed by atoms with Crippen LogP contribution < -0.4 is 5.32 Å². The Morgan fingerprint density at radius 3 is 2.45 bits per heavy atom. The Hall–Kier alpha value is -4.17. The first-order chi connectivity index (χ1) is 18.3. The molecule has 38 heavy (non-hydrogen) atoms. The molecule has 5 rings (SSSR count). The van der Waals surface area contributed by atoms with Crippen LogP contribution in [0.3, 0.4) is 0 Å². The van der Waals surface area contributed by atoms with Gasteiger partial charge in [0.1, 0.15) is 5.69 Å². The number of benzene rings is 3. The maximum Gasteiger partial charge on any atom is 0.433 e. The molecule has 2 aromatic heterocycles. The number of fused-ring (bicyclic) bond motifs is 1. The van der Waals surface area contributed by atoms with E-state index in [4.69, 9.17) is 4.74 Å². The largest absolute Gasteiger partial charge is 0.433 e. The van der Waals surface area contributed by atoms with Gasteiger partial charge < -0.3 is 14.6 Å². The highest BCUT2D eigenvalue weighted by atomic mass is 19.4. The summed E-state index contributed by atoms with van der Waals surface area (Å²) in [5.74, 6) is 0. The molecule has 3 aromatic carbocycles. The van der Waals surface area contributed by atoms with E-state index in [-0.39, 0.29) is 11.6 Å². The Balaban J connectivity index is 1.59. The second-order valence-electron chi connectivity index (χ2n) is 9.19. The average molecular weight is 517 g/mol. The zero-order valence-electron chi connectivity index (χ0n) is 21.0. The first kappa shape index (κ1) is 25.5. The number of anilines is 1. The minimum atomic E-state index is -4.61. The maximum atomic E-state index is 14.0. The molecule has 0 radical (unpaired) electrons. The number of alkyl halides is 3. The quantitative estimate of drug-likeness (QED) is 0.216. The van der Waals surface area contributed by atoms with Gasteiger partial charge in [0.25, 0.3) is 0 Å². The molecule has 0 bridgehead atoms. The number of nitrogens with one attached hydrogen (secondary N) is 1. The number of rotatable bonds is 8. The van der Waals surface area contributed by atoms with Gasteiger partial charge in [-0.3, -0.25) is 0 Å². The SMILES string of the molecule is CC(C)OCCNc1cccc(-c2cc(C(F)(F)F)nc3c(-n4cnc(-c5ccccc5)c4)cccc23)c1. The third kappa shape index (κ3) is 5.55. The number of nitrogens with zero attached hydrogens (tertiary/aromatic N) is 3. The molecule has 0 spiro atoms. The number of aromatic nitrogens is 3. The molecule has 0 unspecified atom stereocenters. The Kier molecular flexibility index (Phi) is 7.15. The van der Waals surface area contributed by atoms with Gasteiger partial charge >= 0.3 is 6.18 Å². The summed E-state index contributed by atoms with van der Waals surface area (Å²) in [6, 6.07) is 23.5. The third-order valence-corrected chi connectivity index (χ3v) is 6.09. The lowest BCUT2D eigenvalue weighted by Crippen LogP contribution is -2.13. The topological polar surface area (TPSA) is 52.0 Å². The van der Waals surface area contributed by atoms with E-state index in [1.54, 1.807) is 29.2 Å². The van der Waals surface area contributed by atoms with Crippen LogP contribution in [0.25, 0.3) is 39.0 Å². The molecule has 2 heterocycles. The Morgan fingerprint density at radius 1 is 0.921 bits per heavy atom. The zero-order valence-corrected chi connectivity index (χ0v) is 21.0. The highest BCUT2D eigenvalue weighted by Gasteiger charge is 2.34. The van der Waals surface area contributed by atoms with E-state index in [0.29, 0.717) is 35.4 Å². The predicted octanol–water partition coefficient (Wildman–Crippen LogP) is 7.61. The van der Waals surface area contributed by atoms with Crippen LogP contribution in [0.5, 0.6) is 0 Å². The van der Waals surface area contributed by atoms with Crippen LogP contribution in [0.15, 0.2) is 91.4 Å². The van der Waals surface area contributed by atoms with E-state index in [1.807, 2.05) is 74.5 Å². The van der Waals surface area contributed by atoms with Crippen LogP contribution in [0, 0.1) is 0 Å². The molecule has 0 aliphatic carbocycles. The van der Waals surface area contributed by atoms with Gasteiger partial charge in [0.2, 0.25) is 0 Å². The van der Waals surface area contributed by atoms with Crippen LogP contribution >= 0.6 is 0 Å². The van der Waals surface area contributed by atoms with Crippen LogP contribution in [-0.4, -0.2) is 33.8 Å². The molecule has 0 aliphatic rings. The normalized spacial score (nSPS) is 11.8. The second-order valence-corrected chi connectivity index (χ2v) is 9.19. The van der Waals surface area contributed by atoms with Crippen LogP contribution in [0.2, 0.25) is 0 Å². The summed E-state index contributed by atoms with van der Waals surface area (Å²) in [4.78, 5) is 8.56. The summed E-state index contributed by atoms with van der Waals surface area (Å²) >= 11 is 0. The molecular formula is C30H27F3N4O. The van der Waals surface area contributed by atoms with Crippen LogP contribution in [-0.2, 0) is 10.9 Å². The molecule has 8 heteroatoms. The van der Waals surface area contributed by atoms with Crippen molar-refractivity contribution in [3.8, 4) is 28.1 Å². The molecule has 1 N–H and O–H groups in total. The first-order valence-corrected chi connectivity index (χ1v) is 12.4. The van der Waals surface area contributed by atoms with Crippen molar-refractivity contribution in [1.82, 2.24) is 14.5 Å². The molecule has 0 saturated carbocycles. The lowest BCUT2D eigenvalue weighted by molar-refractivity contribution is -0.140. The Bertz CT molecular complexity index is 1540. The van der Waals surface area contributed by atoms with Crippen molar-refractivity contribution >= 4 is 16.6 Å². The fourth-order valence-electron chi connectivity index (χ4n) is 4.32. The molecule has 194 valence electrons. The summed E-state index contributed by atoms with van der Waals surface area (Å²) in [5.41, 5.74) is 3.36. The highest BCUT2D eigenvalue weighted by Crippen LogP contribution is 2.37. The minimum Gasteiger partial charge on any atom is -0.383 e. The fraction of sp³-hybridized carbons (Fsp3) is 0.200. The average Bonchev–Trinajstić information content (AvgIpc) is 3.40. The molecular weight excluding hydrogens is 489 g/mol. The number of hydrogen-bond acceptors (Lipinski definition) is 4. The van der Waals surface area contributed by atoms with E-state index in [2.05, 4.69) is 15.3 Å². The number of pyridine rings is 1. The summed E-state index contributed by atoms with van der Waals surface area (Å²) in [7, 11) is 0. The smallest absolute Gasteiger partial charge is 0.383 e. The second kappa shape index (κ2) is 10.7. The monoisotopic (exact) mass is 516 g/mol. The van der Waals surface area contributed by atoms with Crippen molar-refractivity contribution < 1.29 is 17.9 Å². The highest BCUT2D eigenvalue weighted by molar-refractivity contribution is 5.99.